The lowest BCUT2D eigenvalue weighted by molar-refractivity contribution is -0.114. The van der Waals surface area contributed by atoms with Gasteiger partial charge in [0.05, 0.1) is 6.04 Å². The third-order valence-electron chi connectivity index (χ3n) is 5.66. The second-order valence-electron chi connectivity index (χ2n) is 8.14. The molecule has 1 atom stereocenters. The second-order valence-corrected chi connectivity index (χ2v) is 8.14. The average Bonchev–Trinajstić information content (AvgIpc) is 3.21. The van der Waals surface area contributed by atoms with E-state index in [1.807, 2.05) is 30.3 Å². The van der Waals surface area contributed by atoms with Crippen LogP contribution in [0.2, 0.25) is 0 Å². The summed E-state index contributed by atoms with van der Waals surface area (Å²) in [4.78, 5) is 26.3. The van der Waals surface area contributed by atoms with Gasteiger partial charge in [0.25, 0.3) is 0 Å². The smallest absolute Gasteiger partial charge is 0.410 e. The van der Waals surface area contributed by atoms with Gasteiger partial charge < -0.3 is 20.1 Å². The van der Waals surface area contributed by atoms with Crippen molar-refractivity contribution in [2.75, 3.05) is 18.4 Å². The lowest BCUT2D eigenvalue weighted by atomic mass is 10.1. The fourth-order valence-corrected chi connectivity index (χ4v) is 4.04. The zero-order valence-corrected chi connectivity index (χ0v) is 18.8. The Balaban J connectivity index is 1.59. The Labute approximate surface area is 197 Å². The molecule has 0 spiro atoms. The Bertz CT molecular complexity index is 1210. The first-order valence-corrected chi connectivity index (χ1v) is 11.0. The zero-order valence-electron chi connectivity index (χ0n) is 18.8. The maximum atomic E-state index is 12.7. The first-order valence-electron chi connectivity index (χ1n) is 11.0. The molecular weight excluding hydrogens is 434 g/mol. The summed E-state index contributed by atoms with van der Waals surface area (Å²) in [5.41, 5.74) is 2.16. The van der Waals surface area contributed by atoms with E-state index in [1.165, 1.54) is 19.1 Å². The highest BCUT2D eigenvalue weighted by Gasteiger charge is 2.30. The fourth-order valence-electron chi connectivity index (χ4n) is 4.04. The van der Waals surface area contributed by atoms with Gasteiger partial charge in [-0.2, -0.15) is 10.4 Å². The Kier molecular flexibility index (Phi) is 6.78. The van der Waals surface area contributed by atoms with Gasteiger partial charge in [-0.15, -0.1) is 0 Å². The van der Waals surface area contributed by atoms with E-state index in [0.29, 0.717) is 30.2 Å². The van der Waals surface area contributed by atoms with Crippen LogP contribution in [0.4, 0.5) is 10.6 Å². The molecule has 2 amide bonds. The molecule has 1 saturated heterocycles. The SMILES string of the molecule is CC(=O)Nc1c(C#N)c(-c2ccc(O)cc2)nn1[C@@H]1CCCN(C(=O)OCc2ccccc2)C1. The summed E-state index contributed by atoms with van der Waals surface area (Å²) < 4.78 is 7.11. The molecule has 34 heavy (non-hydrogen) atoms. The number of aromatic nitrogens is 2. The predicted molar refractivity (Wildman–Crippen MR) is 125 cm³/mol. The van der Waals surface area contributed by atoms with Gasteiger partial charge in [0.1, 0.15) is 35.5 Å². The number of nitriles is 1. The van der Waals surface area contributed by atoms with E-state index in [9.17, 15) is 20.0 Å². The van der Waals surface area contributed by atoms with Crippen LogP contribution >= 0.6 is 0 Å². The number of phenols is 1. The van der Waals surface area contributed by atoms with Crippen molar-refractivity contribution in [1.82, 2.24) is 14.7 Å². The van der Waals surface area contributed by atoms with Gasteiger partial charge in [0.15, 0.2) is 0 Å². The minimum absolute atomic E-state index is 0.0979. The molecule has 0 saturated carbocycles. The predicted octanol–water partition coefficient (Wildman–Crippen LogP) is 4.06. The van der Waals surface area contributed by atoms with E-state index in [0.717, 1.165) is 18.4 Å². The summed E-state index contributed by atoms with van der Waals surface area (Å²) in [5, 5.41) is 26.9. The van der Waals surface area contributed by atoms with Crippen molar-refractivity contribution in [2.45, 2.75) is 32.4 Å². The van der Waals surface area contributed by atoms with Gasteiger partial charge in [-0.05, 0) is 42.7 Å². The maximum absolute atomic E-state index is 12.7. The number of aromatic hydroxyl groups is 1. The first-order chi connectivity index (χ1) is 16.5. The van der Waals surface area contributed by atoms with Crippen molar-refractivity contribution >= 4 is 17.8 Å². The number of hydrogen-bond donors (Lipinski definition) is 2. The molecule has 3 aromatic rings. The minimum Gasteiger partial charge on any atom is -0.508 e. The summed E-state index contributed by atoms with van der Waals surface area (Å²) in [7, 11) is 0. The third-order valence-corrected chi connectivity index (χ3v) is 5.66. The van der Waals surface area contributed by atoms with Crippen molar-refractivity contribution in [3.63, 3.8) is 0 Å². The molecule has 1 aromatic heterocycles. The molecule has 0 unspecified atom stereocenters. The molecule has 1 aliphatic rings. The van der Waals surface area contributed by atoms with Crippen LogP contribution in [0, 0.1) is 11.3 Å². The highest BCUT2D eigenvalue weighted by molar-refractivity contribution is 5.91. The summed E-state index contributed by atoms with van der Waals surface area (Å²) in [6.07, 6.45) is 1.03. The lowest BCUT2D eigenvalue weighted by Crippen LogP contribution is -2.41. The topological polar surface area (TPSA) is 120 Å². The lowest BCUT2D eigenvalue weighted by Gasteiger charge is -2.32. The largest absolute Gasteiger partial charge is 0.508 e. The Morgan fingerprint density at radius 1 is 1.21 bits per heavy atom. The number of likely N-dealkylation sites (tertiary alicyclic amines) is 1. The summed E-state index contributed by atoms with van der Waals surface area (Å²) in [6, 6.07) is 17.7. The molecule has 9 heteroatoms. The van der Waals surface area contributed by atoms with E-state index >= 15 is 0 Å². The Hall–Kier alpha value is -4.32. The number of nitrogens with one attached hydrogen (secondary N) is 1. The molecule has 1 aliphatic heterocycles. The van der Waals surface area contributed by atoms with Crippen LogP contribution in [0.3, 0.4) is 0 Å². The van der Waals surface area contributed by atoms with Gasteiger partial charge >= 0.3 is 6.09 Å². The molecule has 2 aromatic carbocycles. The molecule has 4 rings (SSSR count). The monoisotopic (exact) mass is 459 g/mol. The van der Waals surface area contributed by atoms with Crippen LogP contribution in [-0.2, 0) is 16.1 Å². The van der Waals surface area contributed by atoms with Crippen molar-refractivity contribution in [3.05, 3.63) is 65.7 Å². The van der Waals surface area contributed by atoms with Crippen LogP contribution < -0.4 is 5.32 Å². The highest BCUT2D eigenvalue weighted by Crippen LogP contribution is 2.34. The molecule has 0 aliphatic carbocycles. The van der Waals surface area contributed by atoms with Gasteiger partial charge in [0, 0.05) is 25.6 Å². The molecule has 9 nitrogen and oxygen atoms in total. The van der Waals surface area contributed by atoms with E-state index in [1.54, 1.807) is 21.7 Å². The number of amides is 2. The second kappa shape index (κ2) is 10.1. The average molecular weight is 460 g/mol. The molecule has 2 heterocycles. The zero-order chi connectivity index (χ0) is 24.1. The number of phenolic OH excluding ortho intramolecular Hbond substituents is 1. The quantitative estimate of drug-likeness (QED) is 0.594. The Morgan fingerprint density at radius 3 is 2.62 bits per heavy atom. The molecule has 2 N–H and O–H groups in total. The standard InChI is InChI=1S/C25H25N5O4/c1-17(31)27-24-22(14-26)23(19-9-11-21(32)12-10-19)28-30(24)20-8-5-13-29(15-20)25(33)34-16-18-6-3-2-4-7-18/h2-4,6-7,9-12,20,32H,5,8,13,15-16H2,1H3,(H,27,31)/t20-/m1/s1. The van der Waals surface area contributed by atoms with Crippen LogP contribution in [0.1, 0.15) is 36.9 Å². The van der Waals surface area contributed by atoms with Gasteiger partial charge in [-0.3, -0.25) is 4.79 Å². The van der Waals surface area contributed by atoms with Crippen molar-refractivity contribution in [2.24, 2.45) is 0 Å². The third kappa shape index (κ3) is 5.02. The van der Waals surface area contributed by atoms with Gasteiger partial charge in [0.2, 0.25) is 5.91 Å². The van der Waals surface area contributed by atoms with Crippen LogP contribution in [0.25, 0.3) is 11.3 Å². The fraction of sp³-hybridized carbons (Fsp3) is 0.280. The summed E-state index contributed by atoms with van der Waals surface area (Å²) in [5.74, 6) is 0.0631. The summed E-state index contributed by atoms with van der Waals surface area (Å²) in [6.45, 7) is 2.44. The number of ether oxygens (including phenoxy) is 1. The van der Waals surface area contributed by atoms with E-state index < -0.39 is 6.09 Å². The first kappa shape index (κ1) is 22.9. The van der Waals surface area contributed by atoms with Crippen molar-refractivity contribution in [3.8, 4) is 23.1 Å². The Morgan fingerprint density at radius 2 is 1.94 bits per heavy atom. The number of anilines is 1. The number of carbonyl (C=O) groups is 2. The number of hydrogen-bond acceptors (Lipinski definition) is 6. The molecular formula is C25H25N5O4. The number of piperidine rings is 1. The highest BCUT2D eigenvalue weighted by atomic mass is 16.6. The van der Waals surface area contributed by atoms with E-state index in [4.69, 9.17) is 4.74 Å². The maximum Gasteiger partial charge on any atom is 0.410 e. The van der Waals surface area contributed by atoms with Gasteiger partial charge in [-0.25, -0.2) is 9.48 Å². The van der Waals surface area contributed by atoms with Crippen LogP contribution in [0.5, 0.6) is 5.75 Å². The summed E-state index contributed by atoms with van der Waals surface area (Å²) >= 11 is 0. The van der Waals surface area contributed by atoms with Crippen LogP contribution in [0.15, 0.2) is 54.6 Å². The number of benzene rings is 2. The number of rotatable bonds is 5. The van der Waals surface area contributed by atoms with E-state index in [-0.39, 0.29) is 29.9 Å². The van der Waals surface area contributed by atoms with Gasteiger partial charge in [-0.1, -0.05) is 30.3 Å². The van der Waals surface area contributed by atoms with E-state index in [2.05, 4.69) is 16.5 Å². The van der Waals surface area contributed by atoms with Crippen molar-refractivity contribution < 1.29 is 19.4 Å². The van der Waals surface area contributed by atoms with Crippen LogP contribution in [-0.4, -0.2) is 44.9 Å². The molecule has 174 valence electrons. The molecule has 0 bridgehead atoms. The molecule has 1 fully saturated rings. The number of carbonyl (C=O) groups excluding carboxylic acids is 2. The normalized spacial score (nSPS) is 15.4. The van der Waals surface area contributed by atoms with Crippen molar-refractivity contribution in [1.29, 1.82) is 5.26 Å². The number of nitrogens with zero attached hydrogens (tertiary/aromatic N) is 4. The molecule has 0 radical (unpaired) electrons. The minimum atomic E-state index is -0.416.